The van der Waals surface area contributed by atoms with E-state index in [1.165, 1.54) is 6.33 Å². The van der Waals surface area contributed by atoms with Crippen molar-refractivity contribution >= 4 is 21.7 Å². The lowest BCUT2D eigenvalue weighted by Crippen LogP contribution is -2.45. The van der Waals surface area contributed by atoms with Gasteiger partial charge in [-0.3, -0.25) is 0 Å². The number of rotatable bonds is 3. The topological polar surface area (TPSA) is 49.2 Å². The van der Waals surface area contributed by atoms with Gasteiger partial charge in [0.25, 0.3) is 0 Å². The first-order chi connectivity index (χ1) is 6.49. The summed E-state index contributed by atoms with van der Waals surface area (Å²) in [5, 5.41) is 9.22. The van der Waals surface area contributed by atoms with E-state index in [2.05, 4.69) is 25.9 Å². The van der Waals surface area contributed by atoms with Crippen LogP contribution in [0.4, 0.5) is 5.82 Å². The van der Waals surface area contributed by atoms with Crippen LogP contribution >= 0.6 is 15.9 Å². The normalized spacial score (nSPS) is 11.5. The Balaban J connectivity index is 3.00. The molecule has 0 radical (unpaired) electrons. The number of nitrogens with zero attached hydrogens (tertiary/aromatic N) is 3. The van der Waals surface area contributed by atoms with Crippen LogP contribution in [0.25, 0.3) is 0 Å². The molecule has 0 aliphatic heterocycles. The number of halogens is 1. The number of aromatic nitrogens is 2. The zero-order valence-electron chi connectivity index (χ0n) is 8.53. The van der Waals surface area contributed by atoms with Crippen LogP contribution < -0.4 is 4.90 Å². The smallest absolute Gasteiger partial charge is 0.146 e. The Morgan fingerprint density at radius 2 is 2.21 bits per heavy atom. The molecular weight excluding hydrogens is 246 g/mol. The highest BCUT2D eigenvalue weighted by Crippen LogP contribution is 2.26. The lowest BCUT2D eigenvalue weighted by atomic mass is 10.1. The maximum Gasteiger partial charge on any atom is 0.146 e. The molecule has 0 bridgehead atoms. The predicted molar refractivity (Wildman–Crippen MR) is 59.3 cm³/mol. The summed E-state index contributed by atoms with van der Waals surface area (Å²) in [5.74, 6) is 0.777. The van der Waals surface area contributed by atoms with E-state index >= 15 is 0 Å². The van der Waals surface area contributed by atoms with Gasteiger partial charge in [-0.25, -0.2) is 9.97 Å². The monoisotopic (exact) mass is 259 g/mol. The van der Waals surface area contributed by atoms with Crippen molar-refractivity contribution < 1.29 is 5.11 Å². The van der Waals surface area contributed by atoms with Crippen molar-refractivity contribution in [1.82, 2.24) is 9.97 Å². The average Bonchev–Trinajstić information content (AvgIpc) is 2.17. The highest BCUT2D eigenvalue weighted by Gasteiger charge is 2.24. The van der Waals surface area contributed by atoms with Gasteiger partial charge in [0.05, 0.1) is 16.6 Å². The van der Waals surface area contributed by atoms with E-state index in [4.69, 9.17) is 0 Å². The standard InChI is InChI=1S/C9H14BrN3O/c1-9(2,5-14)13(3)8-7(10)4-11-6-12-8/h4,6,14H,5H2,1-3H3. The summed E-state index contributed by atoms with van der Waals surface area (Å²) < 4.78 is 0.823. The van der Waals surface area contributed by atoms with Crippen molar-refractivity contribution in [3.63, 3.8) is 0 Å². The molecule has 0 unspecified atom stereocenters. The first kappa shape index (κ1) is 11.4. The molecule has 4 nitrogen and oxygen atoms in total. The number of anilines is 1. The van der Waals surface area contributed by atoms with Gasteiger partial charge in [0.1, 0.15) is 12.1 Å². The number of aliphatic hydroxyl groups is 1. The highest BCUT2D eigenvalue weighted by molar-refractivity contribution is 9.10. The summed E-state index contributed by atoms with van der Waals surface area (Å²) in [6.45, 7) is 3.96. The number of hydrogen-bond acceptors (Lipinski definition) is 4. The Morgan fingerprint density at radius 3 is 2.71 bits per heavy atom. The van der Waals surface area contributed by atoms with Crippen LogP contribution in [0.3, 0.4) is 0 Å². The number of hydrogen-bond donors (Lipinski definition) is 1. The molecule has 0 saturated heterocycles. The predicted octanol–water partition coefficient (Wildman–Crippen LogP) is 1.45. The third-order valence-electron chi connectivity index (χ3n) is 2.26. The van der Waals surface area contributed by atoms with E-state index in [1.54, 1.807) is 6.20 Å². The third-order valence-corrected chi connectivity index (χ3v) is 2.82. The van der Waals surface area contributed by atoms with Crippen LogP contribution in [0.5, 0.6) is 0 Å². The van der Waals surface area contributed by atoms with Crippen molar-refractivity contribution in [1.29, 1.82) is 0 Å². The summed E-state index contributed by atoms with van der Waals surface area (Å²) in [7, 11) is 1.89. The molecule has 1 heterocycles. The van der Waals surface area contributed by atoms with Crippen molar-refractivity contribution in [2.45, 2.75) is 19.4 Å². The average molecular weight is 260 g/mol. The second-order valence-corrected chi connectivity index (χ2v) is 4.58. The number of likely N-dealkylation sites (N-methyl/N-ethyl adjacent to an activating group) is 1. The van der Waals surface area contributed by atoms with Gasteiger partial charge in [-0.15, -0.1) is 0 Å². The van der Waals surface area contributed by atoms with Crippen LogP contribution in [0.15, 0.2) is 17.0 Å². The van der Waals surface area contributed by atoms with E-state index < -0.39 is 0 Å². The quantitative estimate of drug-likeness (QED) is 0.893. The lowest BCUT2D eigenvalue weighted by molar-refractivity contribution is 0.215. The van der Waals surface area contributed by atoms with Gasteiger partial charge in [0, 0.05) is 13.2 Å². The molecule has 1 rings (SSSR count). The molecular formula is C9H14BrN3O. The van der Waals surface area contributed by atoms with Gasteiger partial charge in [0.15, 0.2) is 0 Å². The first-order valence-corrected chi connectivity index (χ1v) is 5.08. The molecule has 0 atom stereocenters. The van der Waals surface area contributed by atoms with Crippen LogP contribution in [0, 0.1) is 0 Å². The maximum absolute atomic E-state index is 9.22. The molecule has 0 amide bonds. The van der Waals surface area contributed by atoms with E-state index in [0.717, 1.165) is 10.3 Å². The molecule has 5 heteroatoms. The van der Waals surface area contributed by atoms with Crippen LogP contribution in [0.2, 0.25) is 0 Å². The Bertz CT molecular complexity index is 317. The van der Waals surface area contributed by atoms with Gasteiger partial charge < -0.3 is 10.0 Å². The first-order valence-electron chi connectivity index (χ1n) is 4.29. The molecule has 0 spiro atoms. The second kappa shape index (κ2) is 4.23. The fourth-order valence-corrected chi connectivity index (χ4v) is 1.43. The van der Waals surface area contributed by atoms with Crippen molar-refractivity contribution in [2.75, 3.05) is 18.6 Å². The third kappa shape index (κ3) is 2.22. The molecule has 1 N–H and O–H groups in total. The summed E-state index contributed by atoms with van der Waals surface area (Å²) in [5.41, 5.74) is -0.336. The molecule has 14 heavy (non-hydrogen) atoms. The van der Waals surface area contributed by atoms with Gasteiger partial charge in [-0.05, 0) is 29.8 Å². The van der Waals surface area contributed by atoms with E-state index in [-0.39, 0.29) is 12.1 Å². The minimum absolute atomic E-state index is 0.0694. The van der Waals surface area contributed by atoms with Gasteiger partial charge in [-0.1, -0.05) is 0 Å². The van der Waals surface area contributed by atoms with Crippen LogP contribution in [-0.2, 0) is 0 Å². The SMILES string of the molecule is CN(c1ncncc1Br)C(C)(C)CO. The number of aliphatic hydroxyl groups excluding tert-OH is 1. The van der Waals surface area contributed by atoms with E-state index in [0.29, 0.717) is 0 Å². The van der Waals surface area contributed by atoms with Gasteiger partial charge in [0.2, 0.25) is 0 Å². The zero-order chi connectivity index (χ0) is 10.8. The van der Waals surface area contributed by atoms with E-state index in [1.807, 2.05) is 25.8 Å². The minimum Gasteiger partial charge on any atom is -0.394 e. The molecule has 1 aromatic heterocycles. The van der Waals surface area contributed by atoms with Crippen LogP contribution in [-0.4, -0.2) is 34.3 Å². The van der Waals surface area contributed by atoms with Crippen LogP contribution in [0.1, 0.15) is 13.8 Å². The largest absolute Gasteiger partial charge is 0.394 e. The Morgan fingerprint density at radius 1 is 1.57 bits per heavy atom. The summed E-state index contributed by atoms with van der Waals surface area (Å²) in [4.78, 5) is 9.95. The Labute approximate surface area is 92.1 Å². The Kier molecular flexibility index (Phi) is 3.44. The van der Waals surface area contributed by atoms with Crippen molar-refractivity contribution in [2.24, 2.45) is 0 Å². The van der Waals surface area contributed by atoms with E-state index in [9.17, 15) is 5.11 Å². The summed E-state index contributed by atoms with van der Waals surface area (Å²) in [6.07, 6.45) is 3.18. The minimum atomic E-state index is -0.336. The highest BCUT2D eigenvalue weighted by atomic mass is 79.9. The maximum atomic E-state index is 9.22. The molecule has 1 aromatic rings. The zero-order valence-corrected chi connectivity index (χ0v) is 10.1. The van der Waals surface area contributed by atoms with Crippen molar-refractivity contribution in [3.8, 4) is 0 Å². The molecule has 0 aliphatic carbocycles. The molecule has 78 valence electrons. The summed E-state index contributed by atoms with van der Waals surface area (Å²) >= 11 is 3.37. The fourth-order valence-electron chi connectivity index (χ4n) is 0.946. The van der Waals surface area contributed by atoms with Crippen molar-refractivity contribution in [3.05, 3.63) is 17.0 Å². The molecule has 0 saturated carbocycles. The fraction of sp³-hybridized carbons (Fsp3) is 0.556. The Hall–Kier alpha value is -0.680. The molecule has 0 aliphatic rings. The lowest BCUT2D eigenvalue weighted by Gasteiger charge is -2.35. The molecule has 0 aromatic carbocycles. The molecule has 0 fully saturated rings. The van der Waals surface area contributed by atoms with Gasteiger partial charge >= 0.3 is 0 Å². The summed E-state index contributed by atoms with van der Waals surface area (Å²) in [6, 6.07) is 0. The second-order valence-electron chi connectivity index (χ2n) is 3.72. The van der Waals surface area contributed by atoms with Gasteiger partial charge in [-0.2, -0.15) is 0 Å².